The summed E-state index contributed by atoms with van der Waals surface area (Å²) in [5.74, 6) is 0. The molecule has 17 heavy (non-hydrogen) atoms. The molecule has 1 rings (SSSR count). The van der Waals surface area contributed by atoms with E-state index in [9.17, 15) is 0 Å². The zero-order valence-corrected chi connectivity index (χ0v) is 10.5. The first kappa shape index (κ1) is 13.3. The van der Waals surface area contributed by atoms with Crippen molar-refractivity contribution in [3.05, 3.63) is 17.7 Å². The van der Waals surface area contributed by atoms with Gasteiger partial charge in [-0.3, -0.25) is 0 Å². The van der Waals surface area contributed by atoms with E-state index in [-0.39, 0.29) is 11.7 Å². The van der Waals surface area contributed by atoms with Crippen LogP contribution >= 0.6 is 0 Å². The van der Waals surface area contributed by atoms with Gasteiger partial charge in [-0.25, -0.2) is 4.98 Å². The molecule has 90 valence electrons. The van der Waals surface area contributed by atoms with Crippen molar-refractivity contribution in [1.29, 1.82) is 10.5 Å². The topological polar surface area (TPSA) is 65.4 Å². The van der Waals surface area contributed by atoms with Crippen molar-refractivity contribution >= 4 is 0 Å². The fourth-order valence-electron chi connectivity index (χ4n) is 1.89. The maximum atomic E-state index is 9.02. The third-order valence-corrected chi connectivity index (χ3v) is 2.96. The maximum Gasteiger partial charge on any atom is 0.176 e. The molecule has 1 aromatic rings. The summed E-state index contributed by atoms with van der Waals surface area (Å²) in [7, 11) is 0. The van der Waals surface area contributed by atoms with Gasteiger partial charge in [-0.15, -0.1) is 0 Å². The number of unbranched alkanes of at least 4 members (excludes halogenated alkanes) is 3. The first-order valence-corrected chi connectivity index (χ1v) is 6.11. The fraction of sp³-hybridized carbons (Fsp3) is 0.615. The van der Waals surface area contributed by atoms with E-state index in [2.05, 4.69) is 24.9 Å². The van der Waals surface area contributed by atoms with Gasteiger partial charge in [0.05, 0.1) is 6.33 Å². The summed E-state index contributed by atoms with van der Waals surface area (Å²) in [5, 5.41) is 17.8. The second-order valence-electron chi connectivity index (χ2n) is 4.27. The van der Waals surface area contributed by atoms with Crippen LogP contribution in [0.5, 0.6) is 0 Å². The molecule has 0 fully saturated rings. The Morgan fingerprint density at radius 1 is 1.29 bits per heavy atom. The lowest BCUT2D eigenvalue weighted by Crippen LogP contribution is -2.06. The van der Waals surface area contributed by atoms with Crippen LogP contribution in [0.1, 0.15) is 63.4 Å². The van der Waals surface area contributed by atoms with Gasteiger partial charge < -0.3 is 4.57 Å². The van der Waals surface area contributed by atoms with Gasteiger partial charge in [0.25, 0.3) is 0 Å². The lowest BCUT2D eigenvalue weighted by Gasteiger charge is -2.13. The van der Waals surface area contributed by atoms with Crippen LogP contribution in [0.15, 0.2) is 6.33 Å². The highest BCUT2D eigenvalue weighted by atomic mass is 15.1. The van der Waals surface area contributed by atoms with Crippen molar-refractivity contribution in [3.8, 4) is 12.1 Å². The van der Waals surface area contributed by atoms with Gasteiger partial charge in [0.15, 0.2) is 11.4 Å². The summed E-state index contributed by atoms with van der Waals surface area (Å²) in [6.45, 7) is 4.25. The number of hydrogen-bond acceptors (Lipinski definition) is 3. The van der Waals surface area contributed by atoms with E-state index >= 15 is 0 Å². The molecule has 0 aliphatic carbocycles. The van der Waals surface area contributed by atoms with E-state index in [1.807, 2.05) is 10.6 Å². The molecule has 0 unspecified atom stereocenters. The van der Waals surface area contributed by atoms with Crippen LogP contribution in [0.3, 0.4) is 0 Å². The van der Waals surface area contributed by atoms with Crippen molar-refractivity contribution < 1.29 is 0 Å². The van der Waals surface area contributed by atoms with Gasteiger partial charge >= 0.3 is 0 Å². The van der Waals surface area contributed by atoms with Gasteiger partial charge in [-0.05, 0) is 13.3 Å². The molecule has 0 bridgehead atoms. The number of nitriles is 2. The van der Waals surface area contributed by atoms with Gasteiger partial charge in [0, 0.05) is 6.04 Å². The zero-order chi connectivity index (χ0) is 12.7. The normalized spacial score (nSPS) is 11.8. The van der Waals surface area contributed by atoms with Crippen molar-refractivity contribution in [2.45, 2.75) is 52.0 Å². The summed E-state index contributed by atoms with van der Waals surface area (Å²) in [5.41, 5.74) is 0.614. The van der Waals surface area contributed by atoms with Gasteiger partial charge in [0.2, 0.25) is 0 Å². The van der Waals surface area contributed by atoms with Crippen molar-refractivity contribution in [3.63, 3.8) is 0 Å². The molecule has 0 spiro atoms. The predicted molar refractivity (Wildman–Crippen MR) is 65.1 cm³/mol. The van der Waals surface area contributed by atoms with Crippen LogP contribution in [0.2, 0.25) is 0 Å². The number of aromatic nitrogens is 2. The molecule has 0 N–H and O–H groups in total. The Kier molecular flexibility index (Phi) is 5.23. The molecule has 1 atom stereocenters. The molecular weight excluding hydrogens is 212 g/mol. The van der Waals surface area contributed by atoms with Crippen LogP contribution in [0.4, 0.5) is 0 Å². The summed E-state index contributed by atoms with van der Waals surface area (Å²) >= 11 is 0. The smallest absolute Gasteiger partial charge is 0.176 e. The molecule has 0 aliphatic heterocycles. The summed E-state index contributed by atoms with van der Waals surface area (Å²) in [4.78, 5) is 3.95. The highest BCUT2D eigenvalue weighted by molar-refractivity contribution is 5.36. The second-order valence-corrected chi connectivity index (χ2v) is 4.27. The lowest BCUT2D eigenvalue weighted by molar-refractivity contribution is 0.469. The predicted octanol–water partition coefficient (Wildman–Crippen LogP) is 3.16. The second kappa shape index (κ2) is 6.70. The molecule has 4 nitrogen and oxygen atoms in total. The number of nitrogens with zero attached hydrogens (tertiary/aromatic N) is 4. The van der Waals surface area contributed by atoms with E-state index in [0.717, 1.165) is 12.8 Å². The van der Waals surface area contributed by atoms with Gasteiger partial charge in [-0.2, -0.15) is 10.5 Å². The SMILES string of the molecule is CCCCCC[C@@H](C)n1cnc(C#N)c1C#N. The Balaban J connectivity index is 2.64. The van der Waals surface area contributed by atoms with Gasteiger partial charge in [-0.1, -0.05) is 32.6 Å². The average molecular weight is 230 g/mol. The number of rotatable bonds is 6. The molecular formula is C13H18N4. The van der Waals surface area contributed by atoms with Crippen LogP contribution in [0.25, 0.3) is 0 Å². The Morgan fingerprint density at radius 2 is 2.06 bits per heavy atom. The van der Waals surface area contributed by atoms with Crippen LogP contribution in [-0.4, -0.2) is 9.55 Å². The van der Waals surface area contributed by atoms with Crippen molar-refractivity contribution in [1.82, 2.24) is 9.55 Å². The van der Waals surface area contributed by atoms with Crippen molar-refractivity contribution in [2.24, 2.45) is 0 Å². The van der Waals surface area contributed by atoms with E-state index in [1.54, 1.807) is 6.33 Å². The van der Waals surface area contributed by atoms with Gasteiger partial charge in [0.1, 0.15) is 12.1 Å². The summed E-state index contributed by atoms with van der Waals surface area (Å²) < 4.78 is 1.81. The van der Waals surface area contributed by atoms with E-state index in [1.165, 1.54) is 19.3 Å². The molecule has 1 heterocycles. The third-order valence-electron chi connectivity index (χ3n) is 2.96. The molecule has 1 aromatic heterocycles. The Morgan fingerprint density at radius 3 is 2.65 bits per heavy atom. The molecule has 0 saturated heterocycles. The maximum absolute atomic E-state index is 9.02. The monoisotopic (exact) mass is 230 g/mol. The molecule has 4 heteroatoms. The average Bonchev–Trinajstić information content (AvgIpc) is 2.77. The highest BCUT2D eigenvalue weighted by Crippen LogP contribution is 2.19. The third kappa shape index (κ3) is 3.32. The minimum atomic E-state index is 0.230. The largest absolute Gasteiger partial charge is 0.318 e. The molecule has 0 aliphatic rings. The standard InChI is InChI=1S/C13H18N4/c1-3-4-5-6-7-11(2)17-10-16-12(8-14)13(17)9-15/h10-11H,3-7H2,1-2H3/t11-/m1/s1. The Hall–Kier alpha value is -1.81. The Labute approximate surface area is 103 Å². The first-order chi connectivity index (χ1) is 8.24. The molecule has 0 amide bonds. The molecule has 0 saturated carbocycles. The summed E-state index contributed by atoms with van der Waals surface area (Å²) in [6, 6.07) is 4.23. The highest BCUT2D eigenvalue weighted by Gasteiger charge is 2.14. The van der Waals surface area contributed by atoms with Crippen LogP contribution in [0, 0.1) is 22.7 Å². The lowest BCUT2D eigenvalue weighted by atomic mass is 10.1. The minimum Gasteiger partial charge on any atom is -0.318 e. The number of imidazole rings is 1. The molecule has 0 radical (unpaired) electrons. The van der Waals surface area contributed by atoms with E-state index in [4.69, 9.17) is 10.5 Å². The zero-order valence-electron chi connectivity index (χ0n) is 10.5. The van der Waals surface area contributed by atoms with Crippen LogP contribution < -0.4 is 0 Å². The number of hydrogen-bond donors (Lipinski definition) is 0. The van der Waals surface area contributed by atoms with Crippen LogP contribution in [-0.2, 0) is 0 Å². The summed E-state index contributed by atoms with van der Waals surface area (Å²) in [6.07, 6.45) is 7.48. The molecule has 0 aromatic carbocycles. The minimum absolute atomic E-state index is 0.230. The first-order valence-electron chi connectivity index (χ1n) is 6.11. The fourth-order valence-corrected chi connectivity index (χ4v) is 1.89. The quantitative estimate of drug-likeness (QED) is 0.705. The Bertz CT molecular complexity index is 433. The van der Waals surface area contributed by atoms with E-state index in [0.29, 0.717) is 5.69 Å². The van der Waals surface area contributed by atoms with Crippen molar-refractivity contribution in [2.75, 3.05) is 0 Å². The van der Waals surface area contributed by atoms with E-state index < -0.39 is 0 Å².